The smallest absolute Gasteiger partial charge is 0.138 e. The van der Waals surface area contributed by atoms with Crippen molar-refractivity contribution in [1.29, 1.82) is 0 Å². The summed E-state index contributed by atoms with van der Waals surface area (Å²) in [6.07, 6.45) is 1.26. The summed E-state index contributed by atoms with van der Waals surface area (Å²) in [7, 11) is 0. The van der Waals surface area contributed by atoms with Crippen molar-refractivity contribution < 1.29 is 9.53 Å². The van der Waals surface area contributed by atoms with Crippen LogP contribution in [0.4, 0.5) is 0 Å². The number of rotatable bonds is 0. The molecule has 1 aliphatic heterocycles. The molecule has 0 aromatic rings. The molecule has 0 N–H and O–H groups in total. The van der Waals surface area contributed by atoms with Crippen LogP contribution in [0.3, 0.4) is 0 Å². The van der Waals surface area contributed by atoms with E-state index in [0.717, 1.165) is 0 Å². The number of carbonyl (C=O) groups excluding carboxylic acids is 1. The van der Waals surface area contributed by atoms with Crippen molar-refractivity contribution in [2.45, 2.75) is 37.9 Å². The molecule has 9 heavy (non-hydrogen) atoms. The molecule has 0 aromatic carbocycles. The Morgan fingerprint density at radius 2 is 1.78 bits per heavy atom. The number of Topliss-reactive ketones (excluding diaryl/α,β-unsaturated/α-hetero) is 1. The van der Waals surface area contributed by atoms with Crippen molar-refractivity contribution in [3.8, 4) is 0 Å². The maximum absolute atomic E-state index is 10.8. The van der Waals surface area contributed by atoms with E-state index in [4.69, 9.17) is 4.74 Å². The molecule has 2 heteroatoms. The van der Waals surface area contributed by atoms with Crippen LogP contribution in [0.2, 0.25) is 0 Å². The molecule has 2 fully saturated rings. The van der Waals surface area contributed by atoms with Gasteiger partial charge in [0.15, 0.2) is 0 Å². The van der Waals surface area contributed by atoms with Gasteiger partial charge in [0.05, 0.1) is 0 Å². The summed E-state index contributed by atoms with van der Waals surface area (Å²) in [5.74, 6) is 0.353. The van der Waals surface area contributed by atoms with Crippen molar-refractivity contribution in [1.82, 2.24) is 0 Å². The molecule has 2 nitrogen and oxygen atoms in total. The van der Waals surface area contributed by atoms with Gasteiger partial charge >= 0.3 is 0 Å². The van der Waals surface area contributed by atoms with Gasteiger partial charge in [0, 0.05) is 12.8 Å². The monoisotopic (exact) mass is 126 g/mol. The molecule has 50 valence electrons. The zero-order valence-electron chi connectivity index (χ0n) is 5.73. The minimum Gasteiger partial charge on any atom is -0.362 e. The van der Waals surface area contributed by atoms with Gasteiger partial charge in [-0.05, 0) is 13.8 Å². The van der Waals surface area contributed by atoms with E-state index >= 15 is 0 Å². The molecule has 2 unspecified atom stereocenters. The van der Waals surface area contributed by atoms with E-state index in [0.29, 0.717) is 18.6 Å². The van der Waals surface area contributed by atoms with E-state index in [9.17, 15) is 4.79 Å². The Labute approximate surface area is 54.2 Å². The summed E-state index contributed by atoms with van der Waals surface area (Å²) in [5, 5.41) is 0. The number of ether oxygens (including phenoxy) is 1. The molecule has 0 radical (unpaired) electrons. The summed E-state index contributed by atoms with van der Waals surface area (Å²) in [6.45, 7) is 4.02. The van der Waals surface area contributed by atoms with Gasteiger partial charge in [-0.15, -0.1) is 0 Å². The SMILES string of the molecule is CC12CC(=O)CC1(C)O2. The first kappa shape index (κ1) is 5.42. The molecule has 1 saturated carbocycles. The fourth-order valence-corrected chi connectivity index (χ4v) is 1.73. The van der Waals surface area contributed by atoms with Crippen LogP contribution in [0, 0.1) is 0 Å². The standard InChI is InChI=1S/C7H10O2/c1-6-3-5(8)4-7(6,2)9-6/h3-4H2,1-2H3. The van der Waals surface area contributed by atoms with Crippen molar-refractivity contribution in [3.05, 3.63) is 0 Å². The minimum atomic E-state index is -0.0793. The lowest BCUT2D eigenvalue weighted by atomic mass is 10.0. The van der Waals surface area contributed by atoms with E-state index in [-0.39, 0.29) is 11.2 Å². The molecule has 0 aromatic heterocycles. The van der Waals surface area contributed by atoms with Crippen molar-refractivity contribution in [3.63, 3.8) is 0 Å². The van der Waals surface area contributed by atoms with Crippen molar-refractivity contribution in [2.75, 3.05) is 0 Å². The third-order valence-corrected chi connectivity index (χ3v) is 2.60. The topological polar surface area (TPSA) is 29.6 Å². The van der Waals surface area contributed by atoms with Gasteiger partial charge in [-0.1, -0.05) is 0 Å². The van der Waals surface area contributed by atoms with Crippen LogP contribution in [-0.2, 0) is 9.53 Å². The lowest BCUT2D eigenvalue weighted by Gasteiger charge is -1.93. The van der Waals surface area contributed by atoms with Crippen LogP contribution < -0.4 is 0 Å². The normalized spacial score (nSPS) is 55.6. The van der Waals surface area contributed by atoms with Crippen LogP contribution in [0.1, 0.15) is 26.7 Å². The number of carbonyl (C=O) groups is 1. The Morgan fingerprint density at radius 1 is 1.33 bits per heavy atom. The highest BCUT2D eigenvalue weighted by atomic mass is 16.6. The van der Waals surface area contributed by atoms with Crippen molar-refractivity contribution in [2.24, 2.45) is 0 Å². The molecule has 1 saturated heterocycles. The molecule has 0 bridgehead atoms. The van der Waals surface area contributed by atoms with Crippen LogP contribution >= 0.6 is 0 Å². The summed E-state index contributed by atoms with van der Waals surface area (Å²) < 4.78 is 5.38. The zero-order valence-corrected chi connectivity index (χ0v) is 5.73. The lowest BCUT2D eigenvalue weighted by Crippen LogP contribution is -2.10. The molecule has 1 heterocycles. The Bertz CT molecular complexity index is 169. The van der Waals surface area contributed by atoms with E-state index in [2.05, 4.69) is 0 Å². The summed E-state index contributed by atoms with van der Waals surface area (Å²) in [5.41, 5.74) is -0.159. The highest BCUT2D eigenvalue weighted by Gasteiger charge is 2.69. The fraction of sp³-hybridized carbons (Fsp3) is 0.857. The third-order valence-electron chi connectivity index (χ3n) is 2.60. The van der Waals surface area contributed by atoms with E-state index < -0.39 is 0 Å². The van der Waals surface area contributed by atoms with Gasteiger partial charge in [-0.2, -0.15) is 0 Å². The van der Waals surface area contributed by atoms with Crippen LogP contribution in [0.15, 0.2) is 0 Å². The molecule has 2 rings (SSSR count). The Balaban J connectivity index is 2.29. The van der Waals surface area contributed by atoms with Gasteiger partial charge in [0.25, 0.3) is 0 Å². The second-order valence-corrected chi connectivity index (χ2v) is 3.46. The number of fused-ring (bicyclic) bond motifs is 1. The first-order chi connectivity index (χ1) is 4.06. The quantitative estimate of drug-likeness (QED) is 0.451. The largest absolute Gasteiger partial charge is 0.362 e. The predicted molar refractivity (Wildman–Crippen MR) is 32.1 cm³/mol. The Hall–Kier alpha value is -0.370. The number of hydrogen-bond donors (Lipinski definition) is 0. The molecule has 0 spiro atoms. The van der Waals surface area contributed by atoms with Crippen LogP contribution in [-0.4, -0.2) is 17.0 Å². The second kappa shape index (κ2) is 1.08. The lowest BCUT2D eigenvalue weighted by molar-refractivity contribution is -0.120. The minimum absolute atomic E-state index is 0.0793. The van der Waals surface area contributed by atoms with Crippen LogP contribution in [0.5, 0.6) is 0 Å². The van der Waals surface area contributed by atoms with Gasteiger partial charge in [-0.25, -0.2) is 0 Å². The zero-order chi connectivity index (χ0) is 6.70. The van der Waals surface area contributed by atoms with Crippen molar-refractivity contribution >= 4 is 5.78 Å². The molecule has 1 aliphatic carbocycles. The van der Waals surface area contributed by atoms with E-state index in [1.54, 1.807) is 0 Å². The van der Waals surface area contributed by atoms with Gasteiger partial charge in [0.1, 0.15) is 17.0 Å². The maximum Gasteiger partial charge on any atom is 0.138 e. The average Bonchev–Trinajstić information content (AvgIpc) is 1.97. The molecule has 2 aliphatic rings. The number of epoxide rings is 1. The van der Waals surface area contributed by atoms with Gasteiger partial charge < -0.3 is 4.74 Å². The second-order valence-electron chi connectivity index (χ2n) is 3.46. The third kappa shape index (κ3) is 0.472. The van der Waals surface area contributed by atoms with E-state index in [1.807, 2.05) is 13.8 Å². The maximum atomic E-state index is 10.8. The molecular weight excluding hydrogens is 116 g/mol. The average molecular weight is 126 g/mol. The highest BCUT2D eigenvalue weighted by molar-refractivity contribution is 5.85. The molecule has 0 amide bonds. The summed E-state index contributed by atoms with van der Waals surface area (Å²) in [4.78, 5) is 10.8. The van der Waals surface area contributed by atoms with E-state index in [1.165, 1.54) is 0 Å². The first-order valence-corrected chi connectivity index (χ1v) is 3.28. The molecule has 2 atom stereocenters. The predicted octanol–water partition coefficient (Wildman–Crippen LogP) is 0.897. The first-order valence-electron chi connectivity index (χ1n) is 3.28. The number of ketones is 1. The number of hydrogen-bond acceptors (Lipinski definition) is 2. The summed E-state index contributed by atoms with van der Waals surface area (Å²) >= 11 is 0. The Kier molecular flexibility index (Phi) is 0.650. The van der Waals surface area contributed by atoms with Gasteiger partial charge in [-0.3, -0.25) is 4.79 Å². The highest BCUT2D eigenvalue weighted by Crippen LogP contribution is 2.57. The van der Waals surface area contributed by atoms with Crippen LogP contribution in [0.25, 0.3) is 0 Å². The van der Waals surface area contributed by atoms with Gasteiger partial charge in [0.2, 0.25) is 0 Å². The Morgan fingerprint density at radius 3 is 2.00 bits per heavy atom. The fourth-order valence-electron chi connectivity index (χ4n) is 1.73. The summed E-state index contributed by atoms with van der Waals surface area (Å²) in [6, 6.07) is 0. The molecular formula is C7H10O2.